The van der Waals surface area contributed by atoms with Crippen molar-refractivity contribution < 1.29 is 14.3 Å². The molecule has 1 aliphatic rings. The van der Waals surface area contributed by atoms with Crippen LogP contribution in [0.4, 0.5) is 0 Å². The molecule has 0 radical (unpaired) electrons. The minimum Gasteiger partial charge on any atom is -0.493 e. The number of carbonyl (C=O) groups excluding carboxylic acids is 1. The molecular formula is C15H19NO3. The third-order valence-corrected chi connectivity index (χ3v) is 3.91. The molecular weight excluding hydrogens is 242 g/mol. The molecule has 0 heterocycles. The van der Waals surface area contributed by atoms with E-state index in [1.807, 2.05) is 19.1 Å². The molecule has 1 aromatic rings. The van der Waals surface area contributed by atoms with Crippen molar-refractivity contribution in [3.05, 3.63) is 23.3 Å². The topological polar surface area (TPSA) is 47.9 Å². The van der Waals surface area contributed by atoms with E-state index in [2.05, 4.69) is 4.99 Å². The highest BCUT2D eigenvalue weighted by Gasteiger charge is 2.39. The Labute approximate surface area is 113 Å². The van der Waals surface area contributed by atoms with Crippen LogP contribution in [0.1, 0.15) is 36.8 Å². The van der Waals surface area contributed by atoms with Crippen LogP contribution in [-0.2, 0) is 10.3 Å². The summed E-state index contributed by atoms with van der Waals surface area (Å²) in [4.78, 5) is 14.9. The fourth-order valence-electron chi connectivity index (χ4n) is 2.97. The van der Waals surface area contributed by atoms with Gasteiger partial charge < -0.3 is 9.47 Å². The van der Waals surface area contributed by atoms with Gasteiger partial charge in [0, 0.05) is 5.56 Å². The lowest BCUT2D eigenvalue weighted by Crippen LogP contribution is -2.20. The molecule has 1 aromatic carbocycles. The number of methoxy groups -OCH3 is 2. The largest absolute Gasteiger partial charge is 0.493 e. The first kappa shape index (κ1) is 13.6. The Balaban J connectivity index is 2.63. The zero-order valence-corrected chi connectivity index (χ0v) is 11.7. The summed E-state index contributed by atoms with van der Waals surface area (Å²) < 4.78 is 10.9. The van der Waals surface area contributed by atoms with Gasteiger partial charge in [-0.05, 0) is 25.3 Å². The Morgan fingerprint density at radius 2 is 1.79 bits per heavy atom. The van der Waals surface area contributed by atoms with E-state index in [4.69, 9.17) is 9.47 Å². The number of rotatable bonds is 4. The monoisotopic (exact) mass is 261 g/mol. The van der Waals surface area contributed by atoms with Crippen LogP contribution >= 0.6 is 0 Å². The van der Waals surface area contributed by atoms with Crippen LogP contribution in [0.3, 0.4) is 0 Å². The summed E-state index contributed by atoms with van der Waals surface area (Å²) in [7, 11) is 3.24. The van der Waals surface area contributed by atoms with E-state index in [1.165, 1.54) is 0 Å². The highest BCUT2D eigenvalue weighted by atomic mass is 16.5. The minimum atomic E-state index is -0.492. The summed E-state index contributed by atoms with van der Waals surface area (Å²) in [6.07, 6.45) is 5.56. The van der Waals surface area contributed by atoms with Crippen LogP contribution in [0, 0.1) is 6.92 Å². The van der Waals surface area contributed by atoms with Crippen LogP contribution in [0.25, 0.3) is 0 Å². The summed E-state index contributed by atoms with van der Waals surface area (Å²) in [5, 5.41) is 0. The Morgan fingerprint density at radius 3 is 2.32 bits per heavy atom. The highest BCUT2D eigenvalue weighted by molar-refractivity contribution is 5.55. The normalized spacial score (nSPS) is 16.8. The number of benzene rings is 1. The average Bonchev–Trinajstić information content (AvgIpc) is 2.88. The first-order chi connectivity index (χ1) is 9.18. The van der Waals surface area contributed by atoms with Crippen molar-refractivity contribution >= 4 is 6.08 Å². The van der Waals surface area contributed by atoms with Crippen molar-refractivity contribution in [2.75, 3.05) is 14.2 Å². The molecule has 19 heavy (non-hydrogen) atoms. The highest BCUT2D eigenvalue weighted by Crippen LogP contribution is 2.48. The van der Waals surface area contributed by atoms with Gasteiger partial charge in [0.15, 0.2) is 11.5 Å². The Morgan fingerprint density at radius 1 is 1.16 bits per heavy atom. The summed E-state index contributed by atoms with van der Waals surface area (Å²) in [6.45, 7) is 1.97. The van der Waals surface area contributed by atoms with E-state index >= 15 is 0 Å². The lowest BCUT2D eigenvalue weighted by Gasteiger charge is -2.26. The molecule has 0 spiro atoms. The van der Waals surface area contributed by atoms with Gasteiger partial charge in [-0.1, -0.05) is 25.0 Å². The predicted molar refractivity (Wildman–Crippen MR) is 72.6 cm³/mol. The fourth-order valence-corrected chi connectivity index (χ4v) is 2.97. The van der Waals surface area contributed by atoms with Gasteiger partial charge in [0.25, 0.3) is 0 Å². The molecule has 0 N–H and O–H groups in total. The average molecular weight is 261 g/mol. The summed E-state index contributed by atoms with van der Waals surface area (Å²) in [5.74, 6) is 1.40. The lowest BCUT2D eigenvalue weighted by molar-refractivity contribution is 0.336. The van der Waals surface area contributed by atoms with Gasteiger partial charge in [0.05, 0.1) is 14.2 Å². The smallest absolute Gasteiger partial charge is 0.235 e. The second kappa shape index (κ2) is 5.45. The van der Waals surface area contributed by atoms with E-state index in [9.17, 15) is 4.79 Å². The Bertz CT molecular complexity index is 512. The molecule has 4 nitrogen and oxygen atoms in total. The van der Waals surface area contributed by atoms with Crippen LogP contribution < -0.4 is 9.47 Å². The number of isocyanates is 1. The van der Waals surface area contributed by atoms with Crippen molar-refractivity contribution in [1.29, 1.82) is 0 Å². The molecule has 0 amide bonds. The molecule has 0 saturated heterocycles. The van der Waals surface area contributed by atoms with Crippen molar-refractivity contribution in [3.63, 3.8) is 0 Å². The van der Waals surface area contributed by atoms with Gasteiger partial charge in [0.1, 0.15) is 5.54 Å². The Kier molecular flexibility index (Phi) is 3.91. The van der Waals surface area contributed by atoms with Crippen molar-refractivity contribution in [3.8, 4) is 11.5 Å². The van der Waals surface area contributed by atoms with Gasteiger partial charge in [-0.2, -0.15) is 4.99 Å². The maximum atomic E-state index is 10.8. The predicted octanol–water partition coefficient (Wildman–Crippen LogP) is 3.12. The van der Waals surface area contributed by atoms with Crippen LogP contribution in [0.2, 0.25) is 0 Å². The molecule has 1 fully saturated rings. The van der Waals surface area contributed by atoms with Gasteiger partial charge in [-0.25, -0.2) is 4.79 Å². The van der Waals surface area contributed by atoms with E-state index in [0.29, 0.717) is 11.5 Å². The zero-order valence-electron chi connectivity index (χ0n) is 11.7. The number of nitrogens with zero attached hydrogens (tertiary/aromatic N) is 1. The van der Waals surface area contributed by atoms with Crippen molar-refractivity contribution in [1.82, 2.24) is 0 Å². The lowest BCUT2D eigenvalue weighted by atomic mass is 9.87. The van der Waals surface area contributed by atoms with Crippen molar-refractivity contribution in [2.24, 2.45) is 4.99 Å². The molecule has 0 unspecified atom stereocenters. The maximum absolute atomic E-state index is 10.8. The fraction of sp³-hybridized carbons (Fsp3) is 0.533. The van der Waals surface area contributed by atoms with Crippen LogP contribution in [0.5, 0.6) is 11.5 Å². The second-order valence-electron chi connectivity index (χ2n) is 4.94. The van der Waals surface area contributed by atoms with E-state index in [1.54, 1.807) is 20.3 Å². The maximum Gasteiger partial charge on any atom is 0.235 e. The van der Waals surface area contributed by atoms with E-state index < -0.39 is 5.54 Å². The SMILES string of the molecule is COc1c(C)ccc(C2(N=C=O)CCCC2)c1OC. The van der Waals surface area contributed by atoms with Gasteiger partial charge in [0.2, 0.25) is 6.08 Å². The van der Waals surface area contributed by atoms with Crippen LogP contribution in [-0.4, -0.2) is 20.3 Å². The number of ether oxygens (including phenoxy) is 2. The standard InChI is InChI=1S/C15H19NO3/c1-11-6-7-12(14(19-3)13(11)18-2)15(16-10-17)8-4-5-9-15/h6-7H,4-5,8-9H2,1-3H3. The summed E-state index contributed by atoms with van der Waals surface area (Å²) >= 11 is 0. The molecule has 4 heteroatoms. The number of hydrogen-bond donors (Lipinski definition) is 0. The number of hydrogen-bond acceptors (Lipinski definition) is 4. The Hall–Kier alpha value is -1.80. The summed E-state index contributed by atoms with van der Waals surface area (Å²) in [6, 6.07) is 3.97. The van der Waals surface area contributed by atoms with Crippen LogP contribution in [0.15, 0.2) is 17.1 Å². The molecule has 0 aliphatic heterocycles. The molecule has 0 atom stereocenters. The van der Waals surface area contributed by atoms with E-state index in [0.717, 1.165) is 36.8 Å². The van der Waals surface area contributed by atoms with Gasteiger partial charge in [-0.3, -0.25) is 0 Å². The zero-order chi connectivity index (χ0) is 13.9. The molecule has 102 valence electrons. The molecule has 0 aromatic heterocycles. The first-order valence-corrected chi connectivity index (χ1v) is 6.49. The van der Waals surface area contributed by atoms with Gasteiger partial charge >= 0.3 is 0 Å². The first-order valence-electron chi connectivity index (χ1n) is 6.49. The number of aliphatic imine (C=N–C) groups is 1. The molecule has 1 aliphatic carbocycles. The van der Waals surface area contributed by atoms with Gasteiger partial charge in [-0.15, -0.1) is 0 Å². The third-order valence-electron chi connectivity index (χ3n) is 3.91. The quantitative estimate of drug-likeness (QED) is 0.618. The second-order valence-corrected chi connectivity index (χ2v) is 4.94. The minimum absolute atomic E-state index is 0.492. The molecule has 1 saturated carbocycles. The van der Waals surface area contributed by atoms with Crippen molar-refractivity contribution in [2.45, 2.75) is 38.1 Å². The number of aryl methyl sites for hydroxylation is 1. The van der Waals surface area contributed by atoms with E-state index in [-0.39, 0.29) is 0 Å². The summed E-state index contributed by atoms with van der Waals surface area (Å²) in [5.41, 5.74) is 1.44. The third kappa shape index (κ3) is 2.24. The molecule has 2 rings (SSSR count). The molecule has 0 bridgehead atoms.